The molecule has 1 aromatic carbocycles. The van der Waals surface area contributed by atoms with E-state index in [-0.39, 0.29) is 30.3 Å². The third-order valence-electron chi connectivity index (χ3n) is 8.06. The van der Waals surface area contributed by atoms with E-state index in [1.165, 1.54) is 12.7 Å². The van der Waals surface area contributed by atoms with Crippen LogP contribution < -0.4 is 0 Å². The Bertz CT molecular complexity index is 932. The average molecular weight is 531 g/mol. The monoisotopic (exact) mass is 530 g/mol. The van der Waals surface area contributed by atoms with Crippen molar-refractivity contribution >= 4 is 19.2 Å². The van der Waals surface area contributed by atoms with Crippen molar-refractivity contribution in [1.29, 1.82) is 0 Å². The minimum Gasteiger partial charge on any atom is -0.467 e. The number of amides is 1. The van der Waals surface area contributed by atoms with Crippen LogP contribution in [0, 0.1) is 5.92 Å². The lowest BCUT2D eigenvalue weighted by molar-refractivity contribution is -0.147. The minimum atomic E-state index is -0.699. The van der Waals surface area contributed by atoms with Crippen LogP contribution in [0.25, 0.3) is 0 Å². The van der Waals surface area contributed by atoms with Gasteiger partial charge in [-0.2, -0.15) is 0 Å². The molecule has 2 heterocycles. The van der Waals surface area contributed by atoms with Gasteiger partial charge in [-0.1, -0.05) is 43.2 Å². The van der Waals surface area contributed by atoms with E-state index in [1.54, 1.807) is 4.90 Å². The topological polar surface area (TPSA) is 77.5 Å². The second-order valence-corrected chi connectivity index (χ2v) is 12.7. The normalized spacial score (nSPS) is 24.6. The molecule has 1 aromatic rings. The summed E-state index contributed by atoms with van der Waals surface area (Å²) in [7, 11) is 3.20. The maximum atomic E-state index is 13.2. The summed E-state index contributed by atoms with van der Waals surface area (Å²) in [6.07, 6.45) is 2.83. The highest BCUT2D eigenvalue weighted by Gasteiger charge is 2.52. The van der Waals surface area contributed by atoms with Crippen LogP contribution in [0.4, 0.5) is 4.79 Å². The van der Waals surface area contributed by atoms with Gasteiger partial charge in [0.1, 0.15) is 11.6 Å². The van der Waals surface area contributed by atoms with Crippen LogP contribution in [0.15, 0.2) is 30.3 Å². The standard InChI is InChI=1S/C29H47BN2O6/c1-27(2,3)36-26(34)32-20-23(31(8)19-21-15-11-10-12-16-21)22(24(32)25(33)35-9)17-13-14-18-30-37-28(4,5)29(6,7)38-30/h10-12,15-16,22-24H,13-14,17-20H2,1-9H3/t22-,23+,24+/m1/s1. The van der Waals surface area contributed by atoms with E-state index in [0.29, 0.717) is 13.1 Å². The summed E-state index contributed by atoms with van der Waals surface area (Å²) in [4.78, 5) is 30.1. The van der Waals surface area contributed by atoms with Crippen molar-refractivity contribution in [1.82, 2.24) is 9.80 Å². The van der Waals surface area contributed by atoms with E-state index in [0.717, 1.165) is 25.6 Å². The van der Waals surface area contributed by atoms with E-state index in [1.807, 2.05) is 39.0 Å². The van der Waals surface area contributed by atoms with E-state index in [2.05, 4.69) is 51.8 Å². The second-order valence-electron chi connectivity index (χ2n) is 12.7. The van der Waals surface area contributed by atoms with Crippen molar-refractivity contribution in [3.05, 3.63) is 35.9 Å². The van der Waals surface area contributed by atoms with Gasteiger partial charge in [0, 0.05) is 25.0 Å². The van der Waals surface area contributed by atoms with Crippen LogP contribution in [0.1, 0.15) is 73.3 Å². The molecule has 2 aliphatic heterocycles. The summed E-state index contributed by atoms with van der Waals surface area (Å²) in [5, 5.41) is 0. The number of carbonyl (C=O) groups excluding carboxylic acids is 2. The smallest absolute Gasteiger partial charge is 0.457 e. The van der Waals surface area contributed by atoms with Crippen LogP contribution in [-0.4, -0.2) is 78.6 Å². The van der Waals surface area contributed by atoms with E-state index in [4.69, 9.17) is 18.8 Å². The molecule has 0 bridgehead atoms. The Morgan fingerprint density at radius 2 is 1.68 bits per heavy atom. The Hall–Kier alpha value is -2.10. The molecule has 38 heavy (non-hydrogen) atoms. The van der Waals surface area contributed by atoms with Crippen LogP contribution >= 0.6 is 0 Å². The first kappa shape index (κ1) is 30.4. The van der Waals surface area contributed by atoms with Crippen molar-refractivity contribution in [2.45, 2.75) is 109 Å². The number of hydrogen-bond donors (Lipinski definition) is 0. The number of esters is 1. The Labute approximate surface area is 229 Å². The van der Waals surface area contributed by atoms with Crippen LogP contribution in [-0.2, 0) is 30.1 Å². The van der Waals surface area contributed by atoms with Gasteiger partial charge in [0.2, 0.25) is 0 Å². The lowest BCUT2D eigenvalue weighted by Gasteiger charge is -2.32. The largest absolute Gasteiger partial charge is 0.467 e. The molecule has 0 radical (unpaired) electrons. The highest BCUT2D eigenvalue weighted by molar-refractivity contribution is 6.45. The molecule has 0 N–H and O–H groups in total. The minimum absolute atomic E-state index is 0.0244. The summed E-state index contributed by atoms with van der Waals surface area (Å²) in [6.45, 7) is 14.9. The van der Waals surface area contributed by atoms with Gasteiger partial charge in [0.05, 0.1) is 18.3 Å². The number of hydrogen-bond acceptors (Lipinski definition) is 7. The molecule has 3 atom stereocenters. The molecule has 1 amide bonds. The van der Waals surface area contributed by atoms with E-state index in [9.17, 15) is 9.59 Å². The van der Waals surface area contributed by atoms with Crippen LogP contribution in [0.3, 0.4) is 0 Å². The molecular weight excluding hydrogens is 483 g/mol. The maximum absolute atomic E-state index is 13.2. The first-order chi connectivity index (χ1) is 17.6. The number of likely N-dealkylation sites (N-methyl/N-ethyl adjacent to an activating group) is 1. The highest BCUT2D eigenvalue weighted by atomic mass is 16.7. The number of ether oxygens (including phenoxy) is 2. The van der Waals surface area contributed by atoms with Crippen LogP contribution in [0.2, 0.25) is 6.32 Å². The number of benzene rings is 1. The lowest BCUT2D eigenvalue weighted by Crippen LogP contribution is -2.46. The number of nitrogens with zero attached hydrogens (tertiary/aromatic N) is 2. The number of unbranched alkanes of at least 4 members (excludes halogenated alkanes) is 1. The third-order valence-corrected chi connectivity index (χ3v) is 8.06. The van der Waals surface area contributed by atoms with Gasteiger partial charge in [0.25, 0.3) is 0 Å². The molecule has 2 aliphatic rings. The Kier molecular flexibility index (Phi) is 9.59. The van der Waals surface area contributed by atoms with Gasteiger partial charge >= 0.3 is 19.2 Å². The molecule has 0 saturated carbocycles. The highest BCUT2D eigenvalue weighted by Crippen LogP contribution is 2.39. The van der Waals surface area contributed by atoms with Gasteiger partial charge in [-0.25, -0.2) is 9.59 Å². The molecule has 2 fully saturated rings. The third kappa shape index (κ3) is 7.30. The number of carbonyl (C=O) groups is 2. The van der Waals surface area contributed by atoms with Crippen molar-refractivity contribution in [2.75, 3.05) is 20.7 Å². The Morgan fingerprint density at radius 3 is 2.24 bits per heavy atom. The molecule has 212 valence electrons. The lowest BCUT2D eigenvalue weighted by atomic mass is 9.80. The van der Waals surface area contributed by atoms with Crippen molar-refractivity contribution < 1.29 is 28.4 Å². The maximum Gasteiger partial charge on any atom is 0.457 e. The van der Waals surface area contributed by atoms with Gasteiger partial charge in [0.15, 0.2) is 0 Å². The summed E-state index contributed by atoms with van der Waals surface area (Å²) >= 11 is 0. The molecule has 0 spiro atoms. The first-order valence-electron chi connectivity index (χ1n) is 13.8. The Morgan fingerprint density at radius 1 is 1.08 bits per heavy atom. The molecule has 0 aromatic heterocycles. The first-order valence-corrected chi connectivity index (χ1v) is 13.8. The molecule has 9 heteroatoms. The summed E-state index contributed by atoms with van der Waals surface area (Å²) in [5.41, 5.74) is -0.180. The molecule has 3 rings (SSSR count). The van der Waals surface area contributed by atoms with Crippen molar-refractivity contribution in [3.8, 4) is 0 Å². The van der Waals surface area contributed by atoms with Gasteiger partial charge in [-0.05, 0) is 73.8 Å². The summed E-state index contributed by atoms with van der Waals surface area (Å²) in [6, 6.07) is 9.51. The zero-order chi connectivity index (χ0) is 28.3. The van der Waals surface area contributed by atoms with Gasteiger partial charge in [-0.15, -0.1) is 0 Å². The molecular formula is C29H47BN2O6. The van der Waals surface area contributed by atoms with Gasteiger partial charge < -0.3 is 18.8 Å². The number of methoxy groups -OCH3 is 1. The van der Waals surface area contributed by atoms with Crippen molar-refractivity contribution in [3.63, 3.8) is 0 Å². The number of rotatable bonds is 9. The molecule has 0 aliphatic carbocycles. The fraction of sp³-hybridized carbons (Fsp3) is 0.724. The summed E-state index contributed by atoms with van der Waals surface area (Å²) in [5.74, 6) is -0.496. The predicted octanol–water partition coefficient (Wildman–Crippen LogP) is 5.16. The molecule has 8 nitrogen and oxygen atoms in total. The predicted molar refractivity (Wildman–Crippen MR) is 149 cm³/mol. The quantitative estimate of drug-likeness (QED) is 0.248. The van der Waals surface area contributed by atoms with E-state index >= 15 is 0 Å². The zero-order valence-electron chi connectivity index (χ0n) is 24.8. The molecule has 0 unspecified atom stereocenters. The van der Waals surface area contributed by atoms with Crippen LogP contribution in [0.5, 0.6) is 0 Å². The zero-order valence-corrected chi connectivity index (χ0v) is 24.8. The second kappa shape index (κ2) is 12.0. The fourth-order valence-corrected chi connectivity index (χ4v) is 5.40. The Balaban J connectivity index is 1.75. The van der Waals surface area contributed by atoms with E-state index < -0.39 is 23.7 Å². The number of likely N-dealkylation sites (tertiary alicyclic amines) is 1. The average Bonchev–Trinajstić information content (AvgIpc) is 3.29. The fourth-order valence-electron chi connectivity index (χ4n) is 5.40. The summed E-state index contributed by atoms with van der Waals surface area (Å²) < 4.78 is 23.2. The van der Waals surface area contributed by atoms with Gasteiger partial charge in [-0.3, -0.25) is 9.80 Å². The molecule has 2 saturated heterocycles. The SMILES string of the molecule is COC(=O)[C@@H]1[C@H](CCCCB2OC(C)(C)C(C)(C)O2)[C@@H](N(C)Cc2ccccc2)CN1C(=O)OC(C)(C)C. The van der Waals surface area contributed by atoms with Crippen molar-refractivity contribution in [2.24, 2.45) is 5.92 Å².